The van der Waals surface area contributed by atoms with Crippen molar-refractivity contribution in [3.05, 3.63) is 10.0 Å². The van der Waals surface area contributed by atoms with E-state index in [-0.39, 0.29) is 6.61 Å². The molecule has 0 unspecified atom stereocenters. The minimum atomic E-state index is -0.00353. The van der Waals surface area contributed by atoms with Crippen LogP contribution in [0.3, 0.4) is 0 Å². The summed E-state index contributed by atoms with van der Waals surface area (Å²) >= 11 is 1.49. The molecule has 0 spiro atoms. The molecule has 1 aromatic rings. The van der Waals surface area contributed by atoms with Gasteiger partial charge in [-0.2, -0.15) is 0 Å². The van der Waals surface area contributed by atoms with Crippen LogP contribution in [0.4, 0.5) is 0 Å². The lowest BCUT2D eigenvalue weighted by molar-refractivity contribution is 0.280. The minimum Gasteiger partial charge on any atom is -0.389 e. The molecule has 1 saturated carbocycles. The molecular weight excluding hydrogens is 174 g/mol. The zero-order valence-electron chi connectivity index (χ0n) is 6.60. The second-order valence-electron chi connectivity index (χ2n) is 3.12. The number of nitrogens with zero attached hydrogens (tertiary/aromatic N) is 2. The molecule has 0 aliphatic heterocycles. The Hall–Kier alpha value is -0.520. The molecule has 3 N–H and O–H groups in total. The topological polar surface area (TPSA) is 72.0 Å². The molecule has 5 heteroatoms. The van der Waals surface area contributed by atoms with Crippen molar-refractivity contribution < 1.29 is 5.11 Å². The van der Waals surface area contributed by atoms with Gasteiger partial charge in [0.2, 0.25) is 0 Å². The Bertz CT molecular complexity index is 269. The monoisotopic (exact) mass is 185 g/mol. The Kier molecular flexibility index (Phi) is 2.08. The highest BCUT2D eigenvalue weighted by molar-refractivity contribution is 7.11. The quantitative estimate of drug-likeness (QED) is 0.692. The van der Waals surface area contributed by atoms with Gasteiger partial charge in [-0.15, -0.1) is 10.2 Å². The van der Waals surface area contributed by atoms with Crippen LogP contribution in [0.1, 0.15) is 28.8 Å². The van der Waals surface area contributed by atoms with Crippen LogP contribution >= 0.6 is 11.3 Å². The van der Waals surface area contributed by atoms with E-state index in [0.29, 0.717) is 17.0 Å². The number of hydrogen-bond acceptors (Lipinski definition) is 5. The smallest absolute Gasteiger partial charge is 0.143 e. The maximum absolute atomic E-state index is 8.76. The molecule has 1 aromatic heterocycles. The molecule has 0 aromatic carbocycles. The number of nitrogens with two attached hydrogens (primary N) is 1. The largest absolute Gasteiger partial charge is 0.389 e. The van der Waals surface area contributed by atoms with E-state index in [0.717, 1.165) is 17.8 Å². The van der Waals surface area contributed by atoms with E-state index in [1.807, 2.05) is 0 Å². The Morgan fingerprint density at radius 1 is 1.50 bits per heavy atom. The van der Waals surface area contributed by atoms with Crippen LogP contribution in [-0.4, -0.2) is 21.3 Å². The third kappa shape index (κ3) is 1.35. The summed E-state index contributed by atoms with van der Waals surface area (Å²) in [4.78, 5) is 0. The van der Waals surface area contributed by atoms with Crippen LogP contribution in [0.2, 0.25) is 0 Å². The Morgan fingerprint density at radius 3 is 2.75 bits per heavy atom. The normalized spacial score (nSPS) is 28.5. The molecule has 66 valence electrons. The highest BCUT2D eigenvalue weighted by Gasteiger charge is 2.30. The zero-order valence-corrected chi connectivity index (χ0v) is 7.42. The highest BCUT2D eigenvalue weighted by Crippen LogP contribution is 2.36. The van der Waals surface area contributed by atoms with Crippen LogP contribution in [0.5, 0.6) is 0 Å². The molecule has 0 radical (unpaired) electrons. The molecular formula is C7H11N3OS. The number of aliphatic hydroxyl groups is 1. The lowest BCUT2D eigenvalue weighted by Crippen LogP contribution is -2.34. The first-order valence-corrected chi connectivity index (χ1v) is 4.80. The lowest BCUT2D eigenvalue weighted by Gasteiger charge is -2.30. The average molecular weight is 185 g/mol. The Labute approximate surface area is 74.4 Å². The molecule has 1 heterocycles. The van der Waals surface area contributed by atoms with E-state index in [4.69, 9.17) is 10.8 Å². The second kappa shape index (κ2) is 3.08. The zero-order chi connectivity index (χ0) is 8.55. The van der Waals surface area contributed by atoms with Crippen molar-refractivity contribution in [3.63, 3.8) is 0 Å². The van der Waals surface area contributed by atoms with Crippen molar-refractivity contribution in [1.82, 2.24) is 10.2 Å². The van der Waals surface area contributed by atoms with Gasteiger partial charge in [-0.3, -0.25) is 0 Å². The predicted molar refractivity (Wildman–Crippen MR) is 45.8 cm³/mol. The molecule has 0 bridgehead atoms. The third-order valence-corrected chi connectivity index (χ3v) is 3.21. The SMILES string of the molecule is N[C@H]1C[C@H](c2nnc(CO)s2)C1. The van der Waals surface area contributed by atoms with Gasteiger partial charge in [-0.05, 0) is 12.8 Å². The Balaban J connectivity index is 2.04. The molecule has 1 aliphatic rings. The first kappa shape index (κ1) is 8.10. The minimum absolute atomic E-state index is 0.00353. The van der Waals surface area contributed by atoms with Crippen molar-refractivity contribution in [2.24, 2.45) is 5.73 Å². The summed E-state index contributed by atoms with van der Waals surface area (Å²) in [7, 11) is 0. The van der Waals surface area contributed by atoms with Gasteiger partial charge in [0.25, 0.3) is 0 Å². The summed E-state index contributed by atoms with van der Waals surface area (Å²) in [5.41, 5.74) is 5.65. The molecule has 1 fully saturated rings. The first-order chi connectivity index (χ1) is 5.79. The van der Waals surface area contributed by atoms with Crippen molar-refractivity contribution in [3.8, 4) is 0 Å². The van der Waals surface area contributed by atoms with Gasteiger partial charge >= 0.3 is 0 Å². The summed E-state index contributed by atoms with van der Waals surface area (Å²) in [5, 5.41) is 18.3. The fraction of sp³-hybridized carbons (Fsp3) is 0.714. The first-order valence-electron chi connectivity index (χ1n) is 3.98. The van der Waals surface area contributed by atoms with Crippen LogP contribution in [0, 0.1) is 0 Å². The van der Waals surface area contributed by atoms with E-state index in [2.05, 4.69) is 10.2 Å². The summed E-state index contributed by atoms with van der Waals surface area (Å²) < 4.78 is 0. The van der Waals surface area contributed by atoms with Gasteiger partial charge in [-0.25, -0.2) is 0 Å². The summed E-state index contributed by atoms with van der Waals surface area (Å²) in [6.45, 7) is -0.00353. The summed E-state index contributed by atoms with van der Waals surface area (Å²) in [5.74, 6) is 0.498. The van der Waals surface area contributed by atoms with Gasteiger partial charge < -0.3 is 10.8 Å². The fourth-order valence-electron chi connectivity index (χ4n) is 1.36. The van der Waals surface area contributed by atoms with Gasteiger partial charge in [0, 0.05) is 12.0 Å². The maximum atomic E-state index is 8.76. The Morgan fingerprint density at radius 2 is 2.25 bits per heavy atom. The van der Waals surface area contributed by atoms with Crippen molar-refractivity contribution in [2.75, 3.05) is 0 Å². The van der Waals surface area contributed by atoms with E-state index < -0.39 is 0 Å². The number of rotatable bonds is 2. The van der Waals surface area contributed by atoms with E-state index >= 15 is 0 Å². The average Bonchev–Trinajstić information content (AvgIpc) is 2.46. The molecule has 0 amide bonds. The highest BCUT2D eigenvalue weighted by atomic mass is 32.1. The van der Waals surface area contributed by atoms with Gasteiger partial charge in [-0.1, -0.05) is 11.3 Å². The predicted octanol–water partition coefficient (Wildman–Crippen LogP) is 0.235. The molecule has 0 saturated heterocycles. The summed E-state index contributed by atoms with van der Waals surface area (Å²) in [6.07, 6.45) is 2.03. The number of aliphatic hydroxyl groups excluding tert-OH is 1. The molecule has 1 aliphatic carbocycles. The third-order valence-electron chi connectivity index (χ3n) is 2.14. The van der Waals surface area contributed by atoms with Gasteiger partial charge in [0.05, 0.1) is 6.61 Å². The van der Waals surface area contributed by atoms with Crippen LogP contribution < -0.4 is 5.73 Å². The molecule has 0 atom stereocenters. The van der Waals surface area contributed by atoms with Gasteiger partial charge in [0.15, 0.2) is 0 Å². The van der Waals surface area contributed by atoms with Crippen LogP contribution in [0.15, 0.2) is 0 Å². The summed E-state index contributed by atoms with van der Waals surface area (Å²) in [6, 6.07) is 0.344. The van der Waals surface area contributed by atoms with Crippen LogP contribution in [0.25, 0.3) is 0 Å². The maximum Gasteiger partial charge on any atom is 0.143 e. The van der Waals surface area contributed by atoms with E-state index in [1.54, 1.807) is 0 Å². The number of hydrogen-bond donors (Lipinski definition) is 2. The van der Waals surface area contributed by atoms with Crippen molar-refractivity contribution in [2.45, 2.75) is 31.4 Å². The fourth-order valence-corrected chi connectivity index (χ4v) is 2.19. The second-order valence-corrected chi connectivity index (χ2v) is 4.21. The van der Waals surface area contributed by atoms with E-state index in [1.165, 1.54) is 11.3 Å². The van der Waals surface area contributed by atoms with Gasteiger partial charge in [0.1, 0.15) is 10.0 Å². The lowest BCUT2D eigenvalue weighted by atomic mass is 9.81. The molecule has 12 heavy (non-hydrogen) atoms. The van der Waals surface area contributed by atoms with Crippen molar-refractivity contribution >= 4 is 11.3 Å². The molecule has 4 nitrogen and oxygen atoms in total. The standard InChI is InChI=1S/C7H11N3OS/c8-5-1-4(2-5)7-10-9-6(3-11)12-7/h4-5,11H,1-3,8H2/t4-,5-. The van der Waals surface area contributed by atoms with Crippen molar-refractivity contribution in [1.29, 1.82) is 0 Å². The number of aromatic nitrogens is 2. The van der Waals surface area contributed by atoms with E-state index in [9.17, 15) is 0 Å². The van der Waals surface area contributed by atoms with Crippen LogP contribution in [-0.2, 0) is 6.61 Å². The molecule has 2 rings (SSSR count).